The summed E-state index contributed by atoms with van der Waals surface area (Å²) in [6.45, 7) is -0.00943. The SMILES string of the molecule is O=C(CNc1ccc(F)cc1)N/N=C\c1ccc(-c2cccc(Cl)c2Cl)o1. The number of amides is 1. The zero-order chi connectivity index (χ0) is 19.2. The van der Waals surface area contributed by atoms with Crippen LogP contribution in [0.4, 0.5) is 10.1 Å². The van der Waals surface area contributed by atoms with Crippen molar-refractivity contribution in [2.24, 2.45) is 5.10 Å². The van der Waals surface area contributed by atoms with Crippen molar-refractivity contribution in [1.82, 2.24) is 5.43 Å². The molecule has 0 atom stereocenters. The normalized spacial score (nSPS) is 10.9. The van der Waals surface area contributed by atoms with Crippen LogP contribution in [0.3, 0.4) is 0 Å². The number of rotatable bonds is 6. The number of carbonyl (C=O) groups excluding carboxylic acids is 1. The summed E-state index contributed by atoms with van der Waals surface area (Å²) >= 11 is 12.2. The lowest BCUT2D eigenvalue weighted by atomic mass is 10.2. The van der Waals surface area contributed by atoms with Crippen LogP contribution in [-0.4, -0.2) is 18.7 Å². The minimum absolute atomic E-state index is 0.00943. The molecule has 2 N–H and O–H groups in total. The number of halogens is 3. The smallest absolute Gasteiger partial charge is 0.259 e. The monoisotopic (exact) mass is 405 g/mol. The number of carbonyl (C=O) groups is 1. The van der Waals surface area contributed by atoms with Crippen LogP contribution in [0.5, 0.6) is 0 Å². The molecule has 0 aliphatic carbocycles. The molecule has 0 radical (unpaired) electrons. The summed E-state index contributed by atoms with van der Waals surface area (Å²) in [6, 6.07) is 14.4. The second-order valence-corrected chi connectivity index (χ2v) is 6.24. The van der Waals surface area contributed by atoms with Gasteiger partial charge in [0.25, 0.3) is 5.91 Å². The van der Waals surface area contributed by atoms with Crippen LogP contribution in [0.25, 0.3) is 11.3 Å². The van der Waals surface area contributed by atoms with E-state index in [0.29, 0.717) is 32.8 Å². The van der Waals surface area contributed by atoms with Gasteiger partial charge in [0.1, 0.15) is 17.3 Å². The molecule has 0 aliphatic heterocycles. The molecule has 0 aliphatic rings. The Labute approximate surface area is 164 Å². The van der Waals surface area contributed by atoms with E-state index >= 15 is 0 Å². The lowest BCUT2D eigenvalue weighted by molar-refractivity contribution is -0.119. The number of nitrogens with one attached hydrogen (secondary N) is 2. The number of hydrazone groups is 1. The van der Waals surface area contributed by atoms with E-state index < -0.39 is 0 Å². The second kappa shape index (κ2) is 8.70. The summed E-state index contributed by atoms with van der Waals surface area (Å²) in [4.78, 5) is 11.8. The van der Waals surface area contributed by atoms with Gasteiger partial charge in [0, 0.05) is 11.3 Å². The van der Waals surface area contributed by atoms with E-state index in [9.17, 15) is 9.18 Å². The molecule has 1 heterocycles. The third-order valence-corrected chi connectivity index (χ3v) is 4.34. The van der Waals surface area contributed by atoms with E-state index in [-0.39, 0.29) is 18.3 Å². The van der Waals surface area contributed by atoms with Crippen LogP contribution in [0, 0.1) is 5.82 Å². The molecule has 3 rings (SSSR count). The van der Waals surface area contributed by atoms with Gasteiger partial charge in [-0.3, -0.25) is 4.79 Å². The van der Waals surface area contributed by atoms with E-state index in [1.165, 1.54) is 30.5 Å². The molecule has 1 aromatic heterocycles. The van der Waals surface area contributed by atoms with Crippen LogP contribution < -0.4 is 10.7 Å². The largest absolute Gasteiger partial charge is 0.455 e. The maximum Gasteiger partial charge on any atom is 0.259 e. The average molecular weight is 406 g/mol. The first-order valence-electron chi connectivity index (χ1n) is 7.88. The molecule has 0 spiro atoms. The van der Waals surface area contributed by atoms with Gasteiger partial charge in [0.15, 0.2) is 0 Å². The van der Waals surface area contributed by atoms with E-state index in [1.54, 1.807) is 30.3 Å². The van der Waals surface area contributed by atoms with Gasteiger partial charge < -0.3 is 9.73 Å². The van der Waals surface area contributed by atoms with Crippen LogP contribution in [-0.2, 0) is 4.79 Å². The van der Waals surface area contributed by atoms with Crippen LogP contribution in [0.15, 0.2) is 64.1 Å². The highest BCUT2D eigenvalue weighted by Gasteiger charge is 2.10. The molecule has 0 bridgehead atoms. The Morgan fingerprint density at radius 2 is 1.89 bits per heavy atom. The van der Waals surface area contributed by atoms with Crippen molar-refractivity contribution < 1.29 is 13.6 Å². The Bertz CT molecular complexity index is 971. The second-order valence-electron chi connectivity index (χ2n) is 5.46. The molecule has 8 heteroatoms. The predicted octanol–water partition coefficient (Wildman–Crippen LogP) is 4.95. The van der Waals surface area contributed by atoms with E-state index in [0.717, 1.165) is 0 Å². The molecular formula is C19H14Cl2FN3O2. The number of hydrogen-bond donors (Lipinski definition) is 2. The predicted molar refractivity (Wildman–Crippen MR) is 105 cm³/mol. The van der Waals surface area contributed by atoms with E-state index in [1.807, 2.05) is 0 Å². The molecule has 138 valence electrons. The minimum atomic E-state index is -0.361. The first-order valence-corrected chi connectivity index (χ1v) is 8.64. The molecule has 0 unspecified atom stereocenters. The van der Waals surface area contributed by atoms with Crippen LogP contribution >= 0.6 is 23.2 Å². The van der Waals surface area contributed by atoms with Gasteiger partial charge in [-0.1, -0.05) is 29.3 Å². The molecule has 0 fully saturated rings. The molecule has 2 aromatic carbocycles. The summed E-state index contributed by atoms with van der Waals surface area (Å²) in [5, 5.41) is 7.52. The van der Waals surface area contributed by atoms with Crippen molar-refractivity contribution >= 4 is 41.0 Å². The molecule has 3 aromatic rings. The fourth-order valence-corrected chi connectivity index (χ4v) is 2.61. The number of nitrogens with zero attached hydrogens (tertiary/aromatic N) is 1. The highest BCUT2D eigenvalue weighted by molar-refractivity contribution is 6.43. The number of furan rings is 1. The van der Waals surface area contributed by atoms with Gasteiger partial charge in [-0.15, -0.1) is 0 Å². The van der Waals surface area contributed by atoms with E-state index in [4.69, 9.17) is 27.6 Å². The summed E-state index contributed by atoms with van der Waals surface area (Å²) < 4.78 is 18.4. The third-order valence-electron chi connectivity index (χ3n) is 3.52. The van der Waals surface area contributed by atoms with Crippen molar-refractivity contribution in [2.45, 2.75) is 0 Å². The Balaban J connectivity index is 1.54. The lowest BCUT2D eigenvalue weighted by Crippen LogP contribution is -2.25. The number of anilines is 1. The highest BCUT2D eigenvalue weighted by Crippen LogP contribution is 2.34. The topological polar surface area (TPSA) is 66.6 Å². The van der Waals surface area contributed by atoms with Gasteiger partial charge in [-0.2, -0.15) is 5.10 Å². The van der Waals surface area contributed by atoms with Crippen molar-refractivity contribution in [3.63, 3.8) is 0 Å². The zero-order valence-electron chi connectivity index (χ0n) is 13.9. The van der Waals surface area contributed by atoms with Crippen molar-refractivity contribution in [3.05, 3.63) is 76.2 Å². The quantitative estimate of drug-likeness (QED) is 0.450. The Hall–Kier alpha value is -2.83. The average Bonchev–Trinajstić information content (AvgIpc) is 3.12. The van der Waals surface area contributed by atoms with Gasteiger partial charge in [0.05, 0.1) is 22.8 Å². The summed E-state index contributed by atoms with van der Waals surface area (Å²) in [6.07, 6.45) is 1.37. The van der Waals surface area contributed by atoms with Crippen molar-refractivity contribution in [2.75, 3.05) is 11.9 Å². The van der Waals surface area contributed by atoms with Gasteiger partial charge in [-0.25, -0.2) is 9.82 Å². The van der Waals surface area contributed by atoms with Crippen molar-refractivity contribution in [1.29, 1.82) is 0 Å². The van der Waals surface area contributed by atoms with Crippen molar-refractivity contribution in [3.8, 4) is 11.3 Å². The Kier molecular flexibility index (Phi) is 6.11. The summed E-state index contributed by atoms with van der Waals surface area (Å²) in [5.41, 5.74) is 3.66. The number of benzene rings is 2. The van der Waals surface area contributed by atoms with Gasteiger partial charge in [0.2, 0.25) is 0 Å². The minimum Gasteiger partial charge on any atom is -0.455 e. The fraction of sp³-hybridized carbons (Fsp3) is 0.0526. The third kappa shape index (κ3) is 5.09. The molecule has 0 saturated heterocycles. The maximum absolute atomic E-state index is 12.8. The number of hydrogen-bond acceptors (Lipinski definition) is 4. The summed E-state index contributed by atoms with van der Waals surface area (Å²) in [7, 11) is 0. The molecule has 5 nitrogen and oxygen atoms in total. The molecular weight excluding hydrogens is 392 g/mol. The van der Waals surface area contributed by atoms with E-state index in [2.05, 4.69) is 15.8 Å². The first kappa shape index (κ1) is 18.9. The Morgan fingerprint density at radius 1 is 1.11 bits per heavy atom. The lowest BCUT2D eigenvalue weighted by Gasteiger charge is -2.04. The molecule has 1 amide bonds. The molecule has 0 saturated carbocycles. The molecule has 27 heavy (non-hydrogen) atoms. The van der Waals surface area contributed by atoms with Crippen LogP contribution in [0.1, 0.15) is 5.76 Å². The Morgan fingerprint density at radius 3 is 2.67 bits per heavy atom. The standard InChI is InChI=1S/C19H14Cl2FN3O2/c20-16-3-1-2-15(19(16)21)17-9-8-14(27-17)10-24-25-18(26)11-23-13-6-4-12(22)5-7-13/h1-10,23H,11H2,(H,25,26)/b24-10-. The first-order chi connectivity index (χ1) is 13.0. The van der Waals surface area contributed by atoms with Gasteiger partial charge >= 0.3 is 0 Å². The fourth-order valence-electron chi connectivity index (χ4n) is 2.22. The summed E-state index contributed by atoms with van der Waals surface area (Å²) in [5.74, 6) is 0.271. The zero-order valence-corrected chi connectivity index (χ0v) is 15.4. The highest BCUT2D eigenvalue weighted by atomic mass is 35.5. The van der Waals surface area contributed by atoms with Gasteiger partial charge in [-0.05, 0) is 48.5 Å². The maximum atomic E-state index is 12.8. The van der Waals surface area contributed by atoms with Crippen LogP contribution in [0.2, 0.25) is 10.0 Å².